The number of nitrogens with zero attached hydrogens (tertiary/aromatic N) is 1. The Morgan fingerprint density at radius 1 is 1.33 bits per heavy atom. The van der Waals surface area contributed by atoms with E-state index in [9.17, 15) is 4.91 Å². The van der Waals surface area contributed by atoms with Crippen LogP contribution in [0.2, 0.25) is 0 Å². The number of benzene rings is 1. The summed E-state index contributed by atoms with van der Waals surface area (Å²) < 4.78 is 0. The quantitative estimate of drug-likeness (QED) is 0.419. The standard InChI is InChI=1S/C9H12N2O/c1-8-2-4-9(5-3-8)6-7-10-11-12/h2-5H,6-7H2,1H3,(H,10,12). The number of nitrogens with one attached hydrogen (secondary N) is 1. The van der Waals surface area contributed by atoms with Crippen molar-refractivity contribution in [2.24, 2.45) is 5.29 Å². The molecular weight excluding hydrogens is 152 g/mol. The lowest BCUT2D eigenvalue weighted by atomic mass is 10.1. The number of hydrogen-bond acceptors (Lipinski definition) is 2. The molecule has 3 nitrogen and oxygen atoms in total. The summed E-state index contributed by atoms with van der Waals surface area (Å²) in [5.74, 6) is 0. The molecule has 0 saturated carbocycles. The predicted octanol–water partition coefficient (Wildman–Crippen LogP) is 1.81. The topological polar surface area (TPSA) is 41.5 Å². The van der Waals surface area contributed by atoms with Crippen LogP contribution < -0.4 is 5.43 Å². The highest BCUT2D eigenvalue weighted by atomic mass is 16.3. The molecule has 0 bridgehead atoms. The molecule has 0 aliphatic carbocycles. The zero-order valence-corrected chi connectivity index (χ0v) is 7.08. The summed E-state index contributed by atoms with van der Waals surface area (Å²) >= 11 is 0. The van der Waals surface area contributed by atoms with E-state index >= 15 is 0 Å². The molecule has 0 fully saturated rings. The molecule has 1 aromatic carbocycles. The zero-order chi connectivity index (χ0) is 8.81. The largest absolute Gasteiger partial charge is 0.273 e. The Hall–Kier alpha value is -1.38. The highest BCUT2D eigenvalue weighted by Gasteiger charge is 1.91. The van der Waals surface area contributed by atoms with Crippen molar-refractivity contribution in [2.75, 3.05) is 6.54 Å². The maximum absolute atomic E-state index is 9.69. The fraction of sp³-hybridized carbons (Fsp3) is 0.333. The van der Waals surface area contributed by atoms with Crippen LogP contribution in [0.25, 0.3) is 0 Å². The van der Waals surface area contributed by atoms with Crippen LogP contribution in [0.15, 0.2) is 29.6 Å². The first kappa shape index (κ1) is 8.71. The van der Waals surface area contributed by atoms with Gasteiger partial charge in [0.2, 0.25) is 0 Å². The monoisotopic (exact) mass is 164 g/mol. The first-order valence-corrected chi connectivity index (χ1v) is 3.93. The van der Waals surface area contributed by atoms with Crippen molar-refractivity contribution in [1.82, 2.24) is 5.43 Å². The Labute approximate surface area is 71.7 Å². The number of hydrogen-bond donors (Lipinski definition) is 1. The van der Waals surface area contributed by atoms with Crippen LogP contribution in [-0.4, -0.2) is 6.54 Å². The highest BCUT2D eigenvalue weighted by molar-refractivity contribution is 5.21. The molecule has 1 rings (SSSR count). The fourth-order valence-electron chi connectivity index (χ4n) is 1.00. The predicted molar refractivity (Wildman–Crippen MR) is 48.7 cm³/mol. The molecule has 0 amide bonds. The maximum Gasteiger partial charge on any atom is 0.0496 e. The Bertz CT molecular complexity index is 243. The maximum atomic E-state index is 9.69. The molecule has 0 spiro atoms. The van der Waals surface area contributed by atoms with Crippen molar-refractivity contribution >= 4 is 0 Å². The highest BCUT2D eigenvalue weighted by Crippen LogP contribution is 2.02. The van der Waals surface area contributed by atoms with E-state index in [0.29, 0.717) is 6.54 Å². The average Bonchev–Trinajstić information content (AvgIpc) is 2.09. The molecule has 0 aliphatic rings. The molecule has 0 aromatic heterocycles. The van der Waals surface area contributed by atoms with Crippen LogP contribution in [-0.2, 0) is 6.42 Å². The molecule has 0 saturated heterocycles. The molecule has 1 aromatic rings. The molecular formula is C9H12N2O. The molecule has 0 radical (unpaired) electrons. The van der Waals surface area contributed by atoms with Gasteiger partial charge in [-0.05, 0) is 18.9 Å². The lowest BCUT2D eigenvalue weighted by Gasteiger charge is -1.99. The molecule has 0 atom stereocenters. The van der Waals surface area contributed by atoms with Gasteiger partial charge in [-0.15, -0.1) is 4.91 Å². The third-order valence-corrected chi connectivity index (χ3v) is 1.71. The molecule has 0 heterocycles. The van der Waals surface area contributed by atoms with E-state index < -0.39 is 0 Å². The SMILES string of the molecule is Cc1ccc(CCNN=O)cc1. The van der Waals surface area contributed by atoms with E-state index in [0.717, 1.165) is 6.42 Å². The van der Waals surface area contributed by atoms with Gasteiger partial charge in [-0.1, -0.05) is 29.8 Å². The smallest absolute Gasteiger partial charge is 0.0496 e. The Morgan fingerprint density at radius 3 is 2.58 bits per heavy atom. The molecule has 1 N–H and O–H groups in total. The van der Waals surface area contributed by atoms with Gasteiger partial charge in [-0.25, -0.2) is 0 Å². The first-order valence-electron chi connectivity index (χ1n) is 3.93. The van der Waals surface area contributed by atoms with Crippen LogP contribution in [0.5, 0.6) is 0 Å². The summed E-state index contributed by atoms with van der Waals surface area (Å²) in [5, 5.41) is 2.57. The second-order valence-electron chi connectivity index (χ2n) is 2.73. The Balaban J connectivity index is 2.42. The van der Waals surface area contributed by atoms with Crippen LogP contribution >= 0.6 is 0 Å². The summed E-state index contributed by atoms with van der Waals surface area (Å²) in [6, 6.07) is 8.23. The van der Waals surface area contributed by atoms with E-state index in [2.05, 4.69) is 41.9 Å². The first-order chi connectivity index (χ1) is 5.83. The van der Waals surface area contributed by atoms with E-state index in [-0.39, 0.29) is 0 Å². The second-order valence-corrected chi connectivity index (χ2v) is 2.73. The van der Waals surface area contributed by atoms with E-state index in [1.165, 1.54) is 11.1 Å². The van der Waals surface area contributed by atoms with Crippen molar-refractivity contribution in [1.29, 1.82) is 0 Å². The van der Waals surface area contributed by atoms with Crippen LogP contribution in [0.4, 0.5) is 0 Å². The normalized spacial score (nSPS) is 9.42. The van der Waals surface area contributed by atoms with E-state index in [1.54, 1.807) is 0 Å². The molecule has 12 heavy (non-hydrogen) atoms. The van der Waals surface area contributed by atoms with Crippen molar-refractivity contribution in [3.05, 3.63) is 40.3 Å². The van der Waals surface area contributed by atoms with Gasteiger partial charge in [0.1, 0.15) is 0 Å². The van der Waals surface area contributed by atoms with Gasteiger partial charge in [0.05, 0.1) is 0 Å². The van der Waals surface area contributed by atoms with Gasteiger partial charge >= 0.3 is 0 Å². The van der Waals surface area contributed by atoms with Gasteiger partial charge in [-0.3, -0.25) is 5.43 Å². The molecule has 0 aliphatic heterocycles. The van der Waals surface area contributed by atoms with Crippen molar-refractivity contribution in [3.63, 3.8) is 0 Å². The number of aryl methyl sites for hydroxylation is 1. The molecule has 0 unspecified atom stereocenters. The lowest BCUT2D eigenvalue weighted by molar-refractivity contribution is 0.724. The van der Waals surface area contributed by atoms with Gasteiger partial charge in [0.25, 0.3) is 0 Å². The van der Waals surface area contributed by atoms with Crippen LogP contribution in [0, 0.1) is 11.8 Å². The summed E-state index contributed by atoms with van der Waals surface area (Å²) in [4.78, 5) is 9.69. The molecule has 3 heteroatoms. The third kappa shape index (κ3) is 2.70. The van der Waals surface area contributed by atoms with Crippen LogP contribution in [0.3, 0.4) is 0 Å². The van der Waals surface area contributed by atoms with E-state index in [4.69, 9.17) is 0 Å². The summed E-state index contributed by atoms with van der Waals surface area (Å²) in [6.07, 6.45) is 0.839. The van der Waals surface area contributed by atoms with Crippen LogP contribution in [0.1, 0.15) is 11.1 Å². The number of nitroso groups, excluding NO2 is 1. The fourth-order valence-corrected chi connectivity index (χ4v) is 1.00. The zero-order valence-electron chi connectivity index (χ0n) is 7.08. The van der Waals surface area contributed by atoms with Crippen molar-refractivity contribution in [2.45, 2.75) is 13.3 Å². The number of rotatable bonds is 4. The second kappa shape index (κ2) is 4.49. The third-order valence-electron chi connectivity index (χ3n) is 1.71. The van der Waals surface area contributed by atoms with Crippen molar-refractivity contribution < 1.29 is 0 Å². The van der Waals surface area contributed by atoms with E-state index in [1.807, 2.05) is 0 Å². The summed E-state index contributed by atoms with van der Waals surface area (Å²) in [5.41, 5.74) is 4.85. The summed E-state index contributed by atoms with van der Waals surface area (Å²) in [6.45, 7) is 2.65. The van der Waals surface area contributed by atoms with Gasteiger partial charge in [0, 0.05) is 11.8 Å². The van der Waals surface area contributed by atoms with Gasteiger partial charge in [-0.2, -0.15) is 0 Å². The lowest BCUT2D eigenvalue weighted by Crippen LogP contribution is -2.08. The van der Waals surface area contributed by atoms with Gasteiger partial charge in [0.15, 0.2) is 0 Å². The minimum atomic E-state index is 0.604. The Morgan fingerprint density at radius 2 is 2.00 bits per heavy atom. The van der Waals surface area contributed by atoms with Crippen molar-refractivity contribution in [3.8, 4) is 0 Å². The minimum absolute atomic E-state index is 0.604. The molecule has 64 valence electrons. The average molecular weight is 164 g/mol. The minimum Gasteiger partial charge on any atom is -0.273 e. The Kier molecular flexibility index (Phi) is 3.26. The van der Waals surface area contributed by atoms with Gasteiger partial charge < -0.3 is 0 Å². The summed E-state index contributed by atoms with van der Waals surface area (Å²) in [7, 11) is 0.